The molecule has 0 radical (unpaired) electrons. The first-order valence-corrected chi connectivity index (χ1v) is 9.10. The molecule has 0 unspecified atom stereocenters. The Morgan fingerprint density at radius 1 is 1.03 bits per heavy atom. The van der Waals surface area contributed by atoms with Crippen LogP contribution in [0.25, 0.3) is 5.69 Å². The lowest BCUT2D eigenvalue weighted by molar-refractivity contribution is 0.0465. The molecule has 154 valence electrons. The van der Waals surface area contributed by atoms with E-state index in [0.717, 1.165) is 29.6 Å². The van der Waals surface area contributed by atoms with Crippen molar-refractivity contribution in [1.82, 2.24) is 4.57 Å². The summed E-state index contributed by atoms with van der Waals surface area (Å²) in [5, 5.41) is 0. The molecule has 0 atom stereocenters. The highest BCUT2D eigenvalue weighted by Crippen LogP contribution is 2.35. The summed E-state index contributed by atoms with van der Waals surface area (Å²) < 4.78 is 44.8. The summed E-state index contributed by atoms with van der Waals surface area (Å²) >= 11 is 0. The molecule has 1 aromatic heterocycles. The number of carbonyl (C=O) groups is 2. The Hall–Kier alpha value is -3.68. The maximum atomic E-state index is 13.7. The first-order chi connectivity index (χ1) is 14.4. The SMILES string of the molecule is Cc1cc(C(=O)COC(=O)c2c(F)cccc2F)c(C)n1-c1ccc2c(c1)OCO2. The van der Waals surface area contributed by atoms with Crippen molar-refractivity contribution >= 4 is 11.8 Å². The fraction of sp³-hybridized carbons (Fsp3) is 0.182. The standard InChI is InChI=1S/C22H17F2NO5/c1-12-8-15(13(2)25(12)14-6-7-19-20(9-14)30-11-29-19)18(26)10-28-22(27)21-16(23)4-3-5-17(21)24/h3-9H,10-11H2,1-2H3. The Morgan fingerprint density at radius 3 is 2.47 bits per heavy atom. The number of carbonyl (C=O) groups excluding carboxylic acids is 2. The molecule has 0 N–H and O–H groups in total. The Morgan fingerprint density at radius 2 is 1.73 bits per heavy atom. The van der Waals surface area contributed by atoms with E-state index in [0.29, 0.717) is 22.8 Å². The van der Waals surface area contributed by atoms with Gasteiger partial charge in [-0.1, -0.05) is 6.07 Å². The summed E-state index contributed by atoms with van der Waals surface area (Å²) in [5.74, 6) is -2.57. The van der Waals surface area contributed by atoms with Crippen LogP contribution < -0.4 is 9.47 Å². The summed E-state index contributed by atoms with van der Waals surface area (Å²) in [6, 6.07) is 10.1. The molecule has 1 aliphatic heterocycles. The highest BCUT2D eigenvalue weighted by atomic mass is 19.1. The number of hydrogen-bond donors (Lipinski definition) is 0. The second-order valence-corrected chi connectivity index (χ2v) is 6.75. The molecule has 0 aliphatic carbocycles. The molecule has 0 saturated heterocycles. The molecule has 1 aliphatic rings. The monoisotopic (exact) mass is 413 g/mol. The van der Waals surface area contributed by atoms with Crippen LogP contribution in [-0.2, 0) is 4.74 Å². The van der Waals surface area contributed by atoms with Gasteiger partial charge in [-0.2, -0.15) is 0 Å². The van der Waals surface area contributed by atoms with E-state index in [-0.39, 0.29) is 6.79 Å². The Bertz CT molecular complexity index is 1150. The highest BCUT2D eigenvalue weighted by molar-refractivity contribution is 6.00. The van der Waals surface area contributed by atoms with E-state index in [1.54, 1.807) is 25.1 Å². The van der Waals surface area contributed by atoms with Gasteiger partial charge in [-0.05, 0) is 44.2 Å². The minimum atomic E-state index is -1.23. The minimum absolute atomic E-state index is 0.153. The molecule has 30 heavy (non-hydrogen) atoms. The molecule has 4 rings (SSSR count). The van der Waals surface area contributed by atoms with E-state index < -0.39 is 35.6 Å². The van der Waals surface area contributed by atoms with E-state index in [2.05, 4.69) is 0 Å². The largest absolute Gasteiger partial charge is 0.454 e. The number of hydrogen-bond acceptors (Lipinski definition) is 5. The van der Waals surface area contributed by atoms with Crippen molar-refractivity contribution in [2.45, 2.75) is 13.8 Å². The second-order valence-electron chi connectivity index (χ2n) is 6.75. The lowest BCUT2D eigenvalue weighted by Gasteiger charge is -2.11. The first kappa shape index (κ1) is 19.6. The number of esters is 1. The topological polar surface area (TPSA) is 66.8 Å². The molecule has 0 fully saturated rings. The van der Waals surface area contributed by atoms with Crippen LogP contribution >= 0.6 is 0 Å². The summed E-state index contributed by atoms with van der Waals surface area (Å²) in [5.41, 5.74) is 1.70. The highest BCUT2D eigenvalue weighted by Gasteiger charge is 2.23. The lowest BCUT2D eigenvalue weighted by Crippen LogP contribution is -2.17. The van der Waals surface area contributed by atoms with Crippen molar-refractivity contribution in [1.29, 1.82) is 0 Å². The number of nitrogens with zero attached hydrogens (tertiary/aromatic N) is 1. The van der Waals surface area contributed by atoms with Gasteiger partial charge < -0.3 is 18.8 Å². The smallest absolute Gasteiger partial charge is 0.344 e. The second kappa shape index (κ2) is 7.62. The molecule has 0 amide bonds. The molecule has 6 nitrogen and oxygen atoms in total. The number of fused-ring (bicyclic) bond motifs is 1. The molecular formula is C22H17F2NO5. The fourth-order valence-corrected chi connectivity index (χ4v) is 3.44. The molecule has 0 bridgehead atoms. The van der Waals surface area contributed by atoms with E-state index in [9.17, 15) is 18.4 Å². The van der Waals surface area contributed by atoms with E-state index in [4.69, 9.17) is 14.2 Å². The number of ketones is 1. The number of aromatic nitrogens is 1. The van der Waals surface area contributed by atoms with Gasteiger partial charge in [0.25, 0.3) is 0 Å². The average Bonchev–Trinajstić information content (AvgIpc) is 3.29. The van der Waals surface area contributed by atoms with Gasteiger partial charge in [-0.25, -0.2) is 13.6 Å². The van der Waals surface area contributed by atoms with Crippen LogP contribution in [0.4, 0.5) is 8.78 Å². The van der Waals surface area contributed by atoms with Crippen LogP contribution in [0.3, 0.4) is 0 Å². The number of aryl methyl sites for hydroxylation is 1. The number of rotatable bonds is 5. The third-order valence-corrected chi connectivity index (χ3v) is 4.85. The molecule has 8 heteroatoms. The zero-order valence-corrected chi connectivity index (χ0v) is 16.2. The van der Waals surface area contributed by atoms with Crippen LogP contribution in [0.1, 0.15) is 32.1 Å². The molecular weight excluding hydrogens is 396 g/mol. The summed E-state index contributed by atoms with van der Waals surface area (Å²) in [7, 11) is 0. The minimum Gasteiger partial charge on any atom is -0.454 e. The van der Waals surface area contributed by atoms with Gasteiger partial charge in [0.1, 0.15) is 17.2 Å². The van der Waals surface area contributed by atoms with E-state index in [1.807, 2.05) is 17.6 Å². The van der Waals surface area contributed by atoms with Crippen LogP contribution in [0.5, 0.6) is 11.5 Å². The molecule has 0 saturated carbocycles. The van der Waals surface area contributed by atoms with Crippen molar-refractivity contribution in [3.8, 4) is 17.2 Å². The van der Waals surface area contributed by atoms with Gasteiger partial charge in [0.15, 0.2) is 18.1 Å². The zero-order valence-electron chi connectivity index (χ0n) is 16.2. The van der Waals surface area contributed by atoms with Crippen molar-refractivity contribution in [2.75, 3.05) is 13.4 Å². The third-order valence-electron chi connectivity index (χ3n) is 4.85. The van der Waals surface area contributed by atoms with Gasteiger partial charge in [0, 0.05) is 28.7 Å². The Labute approximate surface area is 170 Å². The van der Waals surface area contributed by atoms with Crippen molar-refractivity contribution in [3.63, 3.8) is 0 Å². The van der Waals surface area contributed by atoms with Crippen molar-refractivity contribution in [2.24, 2.45) is 0 Å². The van der Waals surface area contributed by atoms with Gasteiger partial charge in [0.2, 0.25) is 12.6 Å². The van der Waals surface area contributed by atoms with Crippen LogP contribution in [0.15, 0.2) is 42.5 Å². The number of Topliss-reactive ketones (excluding diaryl/α,β-unsaturated/α-hetero) is 1. The normalized spacial score (nSPS) is 12.1. The lowest BCUT2D eigenvalue weighted by atomic mass is 10.1. The van der Waals surface area contributed by atoms with Gasteiger partial charge >= 0.3 is 5.97 Å². The summed E-state index contributed by atoms with van der Waals surface area (Å²) in [4.78, 5) is 24.7. The fourth-order valence-electron chi connectivity index (χ4n) is 3.44. The first-order valence-electron chi connectivity index (χ1n) is 9.10. The van der Waals surface area contributed by atoms with Gasteiger partial charge in [-0.3, -0.25) is 4.79 Å². The van der Waals surface area contributed by atoms with Gasteiger partial charge in [-0.15, -0.1) is 0 Å². The number of halogens is 2. The number of ether oxygens (including phenoxy) is 3. The zero-order chi connectivity index (χ0) is 21.4. The quantitative estimate of drug-likeness (QED) is 0.465. The van der Waals surface area contributed by atoms with Crippen LogP contribution in [0, 0.1) is 25.5 Å². The van der Waals surface area contributed by atoms with Crippen LogP contribution in [-0.4, -0.2) is 29.7 Å². The third kappa shape index (κ3) is 3.41. The van der Waals surface area contributed by atoms with E-state index in [1.165, 1.54) is 0 Å². The van der Waals surface area contributed by atoms with Gasteiger partial charge in [0.05, 0.1) is 0 Å². The summed E-state index contributed by atoms with van der Waals surface area (Å²) in [6.45, 7) is 3.09. The van der Waals surface area contributed by atoms with Crippen molar-refractivity contribution < 1.29 is 32.6 Å². The molecule has 2 aromatic carbocycles. The van der Waals surface area contributed by atoms with E-state index >= 15 is 0 Å². The maximum Gasteiger partial charge on any atom is 0.344 e. The predicted molar refractivity (Wildman–Crippen MR) is 102 cm³/mol. The molecule has 2 heterocycles. The van der Waals surface area contributed by atoms with Crippen LogP contribution in [0.2, 0.25) is 0 Å². The maximum absolute atomic E-state index is 13.7. The number of benzene rings is 2. The summed E-state index contributed by atoms with van der Waals surface area (Å²) in [6.07, 6.45) is 0. The molecule has 0 spiro atoms. The Kier molecular flexibility index (Phi) is 4.99. The predicted octanol–water partition coefficient (Wildman–Crippen LogP) is 4.14. The average molecular weight is 413 g/mol. The molecule has 3 aromatic rings. The van der Waals surface area contributed by atoms with Crippen molar-refractivity contribution in [3.05, 3.63) is 76.6 Å². The Balaban J connectivity index is 1.54.